The molecule has 1 saturated heterocycles. The standard InChI is InChI=1S/C17H23N5O2/c1-22(11-13-3-2-5-18-10-13)16-9-15(14-4-8-24-12-14)20-17(21-16)19-6-7-23/h2-3,5,9-10,14,23H,4,6-8,11-12H2,1H3,(H,19,20,21)/t14-/m1/s1. The third-order valence-corrected chi connectivity index (χ3v) is 4.01. The Morgan fingerprint density at radius 3 is 3.04 bits per heavy atom. The zero-order chi connectivity index (χ0) is 16.8. The third-order valence-electron chi connectivity index (χ3n) is 4.01. The topological polar surface area (TPSA) is 83.4 Å². The predicted octanol–water partition coefficient (Wildman–Crippen LogP) is 1.42. The van der Waals surface area contributed by atoms with Crippen LogP contribution in [0.2, 0.25) is 0 Å². The first-order valence-electron chi connectivity index (χ1n) is 8.18. The second-order valence-corrected chi connectivity index (χ2v) is 5.90. The molecule has 2 aromatic rings. The summed E-state index contributed by atoms with van der Waals surface area (Å²) < 4.78 is 5.49. The van der Waals surface area contributed by atoms with Gasteiger partial charge in [0.2, 0.25) is 5.95 Å². The summed E-state index contributed by atoms with van der Waals surface area (Å²) in [6.45, 7) is 2.65. The summed E-state index contributed by atoms with van der Waals surface area (Å²) in [7, 11) is 2.00. The lowest BCUT2D eigenvalue weighted by Crippen LogP contribution is -2.20. The van der Waals surface area contributed by atoms with E-state index in [1.54, 1.807) is 6.20 Å². The highest BCUT2D eigenvalue weighted by Crippen LogP contribution is 2.27. The fourth-order valence-corrected chi connectivity index (χ4v) is 2.72. The number of aromatic nitrogens is 3. The molecule has 1 aliphatic rings. The molecule has 7 nitrogen and oxygen atoms in total. The lowest BCUT2D eigenvalue weighted by molar-refractivity contribution is 0.193. The Labute approximate surface area is 141 Å². The number of hydrogen-bond acceptors (Lipinski definition) is 7. The van der Waals surface area contributed by atoms with Gasteiger partial charge in [0.1, 0.15) is 5.82 Å². The van der Waals surface area contributed by atoms with Crippen LogP contribution >= 0.6 is 0 Å². The largest absolute Gasteiger partial charge is 0.395 e. The lowest BCUT2D eigenvalue weighted by Gasteiger charge is -2.20. The van der Waals surface area contributed by atoms with E-state index in [0.717, 1.165) is 30.1 Å². The number of pyridine rings is 1. The van der Waals surface area contributed by atoms with Crippen molar-refractivity contribution in [1.29, 1.82) is 0 Å². The summed E-state index contributed by atoms with van der Waals surface area (Å²) in [5.74, 6) is 1.69. The lowest BCUT2D eigenvalue weighted by atomic mass is 10.0. The van der Waals surface area contributed by atoms with E-state index in [1.807, 2.05) is 31.4 Å². The number of nitrogens with zero attached hydrogens (tertiary/aromatic N) is 4. The molecule has 0 saturated carbocycles. The van der Waals surface area contributed by atoms with Crippen LogP contribution in [0.5, 0.6) is 0 Å². The minimum atomic E-state index is 0.0426. The molecule has 3 heterocycles. The number of aliphatic hydroxyl groups is 1. The molecule has 0 aliphatic carbocycles. The maximum absolute atomic E-state index is 9.03. The van der Waals surface area contributed by atoms with Crippen LogP contribution in [0.15, 0.2) is 30.6 Å². The zero-order valence-corrected chi connectivity index (χ0v) is 13.9. The van der Waals surface area contributed by atoms with E-state index < -0.39 is 0 Å². The Hall–Kier alpha value is -2.25. The van der Waals surface area contributed by atoms with E-state index in [0.29, 0.717) is 31.6 Å². The van der Waals surface area contributed by atoms with Crippen LogP contribution in [0.4, 0.5) is 11.8 Å². The molecule has 0 amide bonds. The molecule has 7 heteroatoms. The highest BCUT2D eigenvalue weighted by molar-refractivity contribution is 5.45. The first-order chi connectivity index (χ1) is 11.8. The van der Waals surface area contributed by atoms with E-state index in [9.17, 15) is 0 Å². The highest BCUT2D eigenvalue weighted by Gasteiger charge is 2.21. The van der Waals surface area contributed by atoms with Crippen LogP contribution in [-0.4, -0.2) is 53.5 Å². The van der Waals surface area contributed by atoms with Crippen LogP contribution in [0, 0.1) is 0 Å². The first-order valence-corrected chi connectivity index (χ1v) is 8.18. The van der Waals surface area contributed by atoms with Crippen molar-refractivity contribution in [2.24, 2.45) is 0 Å². The molecule has 0 bridgehead atoms. The van der Waals surface area contributed by atoms with Crippen molar-refractivity contribution < 1.29 is 9.84 Å². The maximum atomic E-state index is 9.03. The number of hydrogen-bond donors (Lipinski definition) is 2. The van der Waals surface area contributed by atoms with Gasteiger partial charge in [-0.25, -0.2) is 4.98 Å². The SMILES string of the molecule is CN(Cc1cccnc1)c1cc([C@@H]2CCOC2)nc(NCCO)n1. The molecular weight excluding hydrogens is 306 g/mol. The van der Waals surface area contributed by atoms with Gasteiger partial charge in [0.15, 0.2) is 0 Å². The normalized spacial score (nSPS) is 17.0. The van der Waals surface area contributed by atoms with Crippen LogP contribution in [0.1, 0.15) is 23.6 Å². The number of ether oxygens (including phenoxy) is 1. The van der Waals surface area contributed by atoms with Gasteiger partial charge in [0.25, 0.3) is 0 Å². The van der Waals surface area contributed by atoms with Crippen LogP contribution in [-0.2, 0) is 11.3 Å². The van der Waals surface area contributed by atoms with E-state index >= 15 is 0 Å². The molecular formula is C17H23N5O2. The van der Waals surface area contributed by atoms with Crippen LogP contribution in [0.25, 0.3) is 0 Å². The molecule has 1 aliphatic heterocycles. The summed E-state index contributed by atoms with van der Waals surface area (Å²) in [5.41, 5.74) is 2.10. The Kier molecular flexibility index (Phi) is 5.55. The van der Waals surface area contributed by atoms with Gasteiger partial charge in [-0.2, -0.15) is 4.98 Å². The quantitative estimate of drug-likeness (QED) is 0.795. The summed E-state index contributed by atoms with van der Waals surface area (Å²) >= 11 is 0. The zero-order valence-electron chi connectivity index (χ0n) is 13.9. The van der Waals surface area contributed by atoms with Gasteiger partial charge in [0.05, 0.1) is 18.9 Å². The Morgan fingerprint density at radius 1 is 1.42 bits per heavy atom. The monoisotopic (exact) mass is 329 g/mol. The van der Waals surface area contributed by atoms with Gasteiger partial charge >= 0.3 is 0 Å². The summed E-state index contributed by atoms with van der Waals surface area (Å²) in [6.07, 6.45) is 4.60. The van der Waals surface area contributed by atoms with Crippen molar-refractivity contribution in [2.45, 2.75) is 18.9 Å². The number of rotatable bonds is 7. The fourth-order valence-electron chi connectivity index (χ4n) is 2.72. The van der Waals surface area contributed by atoms with Gasteiger partial charge in [-0.15, -0.1) is 0 Å². The van der Waals surface area contributed by atoms with Crippen molar-refractivity contribution in [1.82, 2.24) is 15.0 Å². The van der Waals surface area contributed by atoms with Crippen LogP contribution < -0.4 is 10.2 Å². The molecule has 24 heavy (non-hydrogen) atoms. The highest BCUT2D eigenvalue weighted by atomic mass is 16.5. The third kappa shape index (κ3) is 4.18. The molecule has 0 aromatic carbocycles. The van der Waals surface area contributed by atoms with Crippen molar-refractivity contribution >= 4 is 11.8 Å². The minimum absolute atomic E-state index is 0.0426. The molecule has 0 radical (unpaired) electrons. The van der Waals surface area contributed by atoms with Gasteiger partial charge in [-0.1, -0.05) is 6.07 Å². The molecule has 2 aromatic heterocycles. The maximum Gasteiger partial charge on any atom is 0.224 e. The molecule has 0 unspecified atom stereocenters. The van der Waals surface area contributed by atoms with Gasteiger partial charge in [-0.3, -0.25) is 4.98 Å². The van der Waals surface area contributed by atoms with Crippen molar-refractivity contribution in [3.8, 4) is 0 Å². The van der Waals surface area contributed by atoms with E-state index in [2.05, 4.69) is 25.2 Å². The molecule has 1 fully saturated rings. The smallest absolute Gasteiger partial charge is 0.224 e. The van der Waals surface area contributed by atoms with E-state index in [4.69, 9.17) is 9.84 Å². The fraction of sp³-hybridized carbons (Fsp3) is 0.471. The van der Waals surface area contributed by atoms with Crippen molar-refractivity contribution in [3.05, 3.63) is 41.9 Å². The number of aliphatic hydroxyl groups excluding tert-OH is 1. The van der Waals surface area contributed by atoms with E-state index in [-0.39, 0.29) is 6.61 Å². The summed E-state index contributed by atoms with van der Waals surface area (Å²) in [6, 6.07) is 6.00. The van der Waals surface area contributed by atoms with Gasteiger partial charge in [0, 0.05) is 51.1 Å². The van der Waals surface area contributed by atoms with Crippen LogP contribution in [0.3, 0.4) is 0 Å². The van der Waals surface area contributed by atoms with E-state index in [1.165, 1.54) is 0 Å². The molecule has 1 atom stereocenters. The van der Waals surface area contributed by atoms with Gasteiger partial charge < -0.3 is 20.1 Å². The average molecular weight is 329 g/mol. The molecule has 2 N–H and O–H groups in total. The Morgan fingerprint density at radius 2 is 2.33 bits per heavy atom. The summed E-state index contributed by atoms with van der Waals surface area (Å²) in [4.78, 5) is 15.4. The Bertz CT molecular complexity index is 647. The number of nitrogens with one attached hydrogen (secondary N) is 1. The van der Waals surface area contributed by atoms with Gasteiger partial charge in [-0.05, 0) is 18.1 Å². The Balaban J connectivity index is 1.82. The predicted molar refractivity (Wildman–Crippen MR) is 92.1 cm³/mol. The first kappa shape index (κ1) is 16.6. The molecule has 3 rings (SSSR count). The number of anilines is 2. The summed E-state index contributed by atoms with van der Waals surface area (Å²) in [5, 5.41) is 12.1. The van der Waals surface area contributed by atoms with Crippen molar-refractivity contribution in [3.63, 3.8) is 0 Å². The molecule has 128 valence electrons. The molecule has 0 spiro atoms. The van der Waals surface area contributed by atoms with Crippen molar-refractivity contribution in [2.75, 3.05) is 43.6 Å². The average Bonchev–Trinajstić information content (AvgIpc) is 3.15. The second-order valence-electron chi connectivity index (χ2n) is 5.90. The minimum Gasteiger partial charge on any atom is -0.395 e. The second kappa shape index (κ2) is 8.03.